The Bertz CT molecular complexity index is 1330. The Balaban J connectivity index is 1.90. The van der Waals surface area contributed by atoms with Crippen molar-refractivity contribution in [2.24, 2.45) is 0 Å². The van der Waals surface area contributed by atoms with Gasteiger partial charge in [0.25, 0.3) is 0 Å². The molecule has 12 heteroatoms. The summed E-state index contributed by atoms with van der Waals surface area (Å²) in [4.78, 5) is 12.9. The average molecular weight is 564 g/mol. The van der Waals surface area contributed by atoms with E-state index in [1.54, 1.807) is 36.4 Å². The van der Waals surface area contributed by atoms with Crippen LogP contribution in [-0.2, 0) is 14.8 Å². The van der Waals surface area contributed by atoms with E-state index in [2.05, 4.69) is 5.32 Å². The number of halogens is 4. The summed E-state index contributed by atoms with van der Waals surface area (Å²) in [6, 6.07) is 14.1. The smallest absolute Gasteiger partial charge is 0.245 e. The van der Waals surface area contributed by atoms with Crippen molar-refractivity contribution in [3.05, 3.63) is 74.7 Å². The number of hydrogen-bond donors (Lipinski definition) is 1. The molecule has 1 amide bonds. The first-order valence-corrected chi connectivity index (χ1v) is 12.9. The first-order valence-electron chi connectivity index (χ1n) is 9.52. The Hall–Kier alpha value is -2.36. The highest BCUT2D eigenvalue weighted by atomic mass is 35.5. The highest BCUT2D eigenvalue weighted by molar-refractivity contribution is 7.92. The third kappa shape index (κ3) is 6.40. The van der Waals surface area contributed by atoms with Crippen LogP contribution in [0.1, 0.15) is 0 Å². The minimum atomic E-state index is -3.92. The van der Waals surface area contributed by atoms with Gasteiger partial charge in [0.15, 0.2) is 17.2 Å². The summed E-state index contributed by atoms with van der Waals surface area (Å²) < 4.78 is 36.9. The summed E-state index contributed by atoms with van der Waals surface area (Å²) in [7, 11) is -2.42. The molecule has 0 aliphatic rings. The summed E-state index contributed by atoms with van der Waals surface area (Å²) in [6.45, 7) is -0.600. The number of carbonyl (C=O) groups excluding carboxylic acids is 1. The molecule has 1 N–H and O–H groups in total. The number of ether oxygens (including phenoxy) is 2. The molecule has 7 nitrogen and oxygen atoms in total. The Morgan fingerprint density at radius 2 is 1.56 bits per heavy atom. The number of hydrogen-bond acceptors (Lipinski definition) is 5. The molecule has 0 spiro atoms. The van der Waals surface area contributed by atoms with Gasteiger partial charge < -0.3 is 14.8 Å². The molecule has 3 aromatic carbocycles. The Morgan fingerprint density at radius 1 is 0.912 bits per heavy atom. The number of nitrogens with zero attached hydrogens (tertiary/aromatic N) is 1. The van der Waals surface area contributed by atoms with Crippen molar-refractivity contribution in [2.45, 2.75) is 0 Å². The normalized spacial score (nSPS) is 11.1. The van der Waals surface area contributed by atoms with E-state index in [1.165, 1.54) is 25.3 Å². The molecule has 0 aliphatic heterocycles. The Kier molecular flexibility index (Phi) is 8.43. The van der Waals surface area contributed by atoms with Gasteiger partial charge in [-0.3, -0.25) is 9.10 Å². The van der Waals surface area contributed by atoms with Crippen LogP contribution in [0.15, 0.2) is 54.6 Å². The van der Waals surface area contributed by atoms with E-state index in [0.717, 1.165) is 10.6 Å². The van der Waals surface area contributed by atoms with Crippen LogP contribution in [0.3, 0.4) is 0 Å². The van der Waals surface area contributed by atoms with Gasteiger partial charge in [0.05, 0.1) is 39.8 Å². The van der Waals surface area contributed by atoms with Gasteiger partial charge in [0.2, 0.25) is 15.9 Å². The summed E-state index contributed by atoms with van der Waals surface area (Å²) in [5.74, 6) is 0.468. The minimum Gasteiger partial charge on any atom is -0.493 e. The summed E-state index contributed by atoms with van der Waals surface area (Å²) in [5.41, 5.74) is 0.224. The van der Waals surface area contributed by atoms with Crippen LogP contribution in [-0.4, -0.2) is 34.2 Å². The summed E-state index contributed by atoms with van der Waals surface area (Å²) in [5, 5.41) is 3.19. The molecule has 0 radical (unpaired) electrons. The first kappa shape index (κ1) is 26.2. The van der Waals surface area contributed by atoms with E-state index in [9.17, 15) is 13.2 Å². The van der Waals surface area contributed by atoms with Gasteiger partial charge in [-0.1, -0.05) is 58.5 Å². The molecular weight excluding hydrogens is 546 g/mol. The summed E-state index contributed by atoms with van der Waals surface area (Å²) >= 11 is 24.3. The maximum atomic E-state index is 12.9. The lowest BCUT2D eigenvalue weighted by Gasteiger charge is -2.23. The van der Waals surface area contributed by atoms with Crippen molar-refractivity contribution >= 4 is 73.7 Å². The number of amides is 1. The largest absolute Gasteiger partial charge is 0.493 e. The van der Waals surface area contributed by atoms with Crippen molar-refractivity contribution in [1.82, 2.24) is 0 Å². The number of rotatable bonds is 8. The molecule has 0 fully saturated rings. The van der Waals surface area contributed by atoms with E-state index < -0.39 is 22.5 Å². The lowest BCUT2D eigenvalue weighted by molar-refractivity contribution is -0.114. The molecule has 0 unspecified atom stereocenters. The second-order valence-electron chi connectivity index (χ2n) is 6.93. The van der Waals surface area contributed by atoms with Crippen molar-refractivity contribution in [3.8, 4) is 17.2 Å². The fourth-order valence-corrected chi connectivity index (χ4v) is 4.64. The second kappa shape index (κ2) is 10.9. The quantitative estimate of drug-likeness (QED) is 0.316. The van der Waals surface area contributed by atoms with E-state index in [0.29, 0.717) is 16.5 Å². The molecular formula is C22H18Cl4N2O5S. The van der Waals surface area contributed by atoms with Crippen LogP contribution in [0.25, 0.3) is 0 Å². The standard InChI is InChI=1S/C22H18Cl4N2O5S/c1-32-20-5-3-4-6-21(20)33-19-8-7-13(23)9-17(19)27-22(29)12-28(34(2,30)31)18-11-15(25)14(24)10-16(18)26/h3-11H,12H2,1-2H3,(H,27,29). The second-order valence-corrected chi connectivity index (χ2v) is 10.5. The number of para-hydroxylation sites is 2. The van der Waals surface area contributed by atoms with Gasteiger partial charge in [-0.2, -0.15) is 0 Å². The molecule has 3 aromatic rings. The predicted molar refractivity (Wildman–Crippen MR) is 137 cm³/mol. The third-order valence-corrected chi connectivity index (χ3v) is 6.84. The maximum absolute atomic E-state index is 12.9. The van der Waals surface area contributed by atoms with Gasteiger partial charge in [0.1, 0.15) is 6.54 Å². The van der Waals surface area contributed by atoms with E-state index in [-0.39, 0.29) is 32.2 Å². The fraction of sp³-hybridized carbons (Fsp3) is 0.136. The molecule has 0 bridgehead atoms. The number of nitrogens with one attached hydrogen (secondary N) is 1. The highest BCUT2D eigenvalue weighted by Gasteiger charge is 2.25. The van der Waals surface area contributed by atoms with Crippen molar-refractivity contribution in [2.75, 3.05) is 29.5 Å². The van der Waals surface area contributed by atoms with Crippen molar-refractivity contribution in [1.29, 1.82) is 0 Å². The lowest BCUT2D eigenvalue weighted by atomic mass is 10.2. The molecule has 0 saturated heterocycles. The monoisotopic (exact) mass is 562 g/mol. The molecule has 180 valence electrons. The number of anilines is 2. The minimum absolute atomic E-state index is 0.00491. The molecule has 0 aliphatic carbocycles. The number of sulfonamides is 1. The molecule has 0 aromatic heterocycles. The average Bonchev–Trinajstić information content (AvgIpc) is 2.76. The number of carbonyl (C=O) groups is 1. The molecule has 3 rings (SSSR count). The first-order chi connectivity index (χ1) is 16.0. The Morgan fingerprint density at radius 3 is 2.21 bits per heavy atom. The van der Waals surface area contributed by atoms with Gasteiger partial charge in [-0.25, -0.2) is 8.42 Å². The van der Waals surface area contributed by atoms with Crippen LogP contribution >= 0.6 is 46.4 Å². The lowest BCUT2D eigenvalue weighted by Crippen LogP contribution is -2.37. The topological polar surface area (TPSA) is 84.9 Å². The zero-order chi connectivity index (χ0) is 25.0. The van der Waals surface area contributed by atoms with Crippen LogP contribution in [0.4, 0.5) is 11.4 Å². The van der Waals surface area contributed by atoms with Crippen LogP contribution in [0.5, 0.6) is 17.2 Å². The van der Waals surface area contributed by atoms with Crippen molar-refractivity contribution in [3.63, 3.8) is 0 Å². The van der Waals surface area contributed by atoms with Gasteiger partial charge in [0, 0.05) is 5.02 Å². The van der Waals surface area contributed by atoms with Gasteiger partial charge in [-0.15, -0.1) is 0 Å². The van der Waals surface area contributed by atoms with Crippen molar-refractivity contribution < 1.29 is 22.7 Å². The van der Waals surface area contributed by atoms with Gasteiger partial charge >= 0.3 is 0 Å². The number of benzene rings is 3. The van der Waals surface area contributed by atoms with Crippen LogP contribution < -0.4 is 19.1 Å². The van der Waals surface area contributed by atoms with Crippen LogP contribution in [0, 0.1) is 0 Å². The molecule has 34 heavy (non-hydrogen) atoms. The Labute approximate surface area is 217 Å². The van der Waals surface area contributed by atoms with E-state index >= 15 is 0 Å². The highest BCUT2D eigenvalue weighted by Crippen LogP contribution is 2.37. The van der Waals surface area contributed by atoms with Gasteiger partial charge in [-0.05, 0) is 42.5 Å². The maximum Gasteiger partial charge on any atom is 0.245 e. The molecule has 0 saturated carbocycles. The predicted octanol–water partition coefficient (Wildman–Crippen LogP) is 6.51. The SMILES string of the molecule is COc1ccccc1Oc1ccc(Cl)cc1NC(=O)CN(c1cc(Cl)c(Cl)cc1Cl)S(C)(=O)=O. The summed E-state index contributed by atoms with van der Waals surface area (Å²) in [6.07, 6.45) is 0.939. The fourth-order valence-electron chi connectivity index (χ4n) is 2.91. The van der Waals surface area contributed by atoms with Crippen LogP contribution in [0.2, 0.25) is 20.1 Å². The third-order valence-electron chi connectivity index (χ3n) is 4.45. The zero-order valence-corrected chi connectivity index (χ0v) is 21.7. The molecule has 0 heterocycles. The zero-order valence-electron chi connectivity index (χ0n) is 17.8. The number of methoxy groups -OCH3 is 1. The van der Waals surface area contributed by atoms with E-state index in [4.69, 9.17) is 55.9 Å². The van der Waals surface area contributed by atoms with E-state index in [1.807, 2.05) is 0 Å². The molecule has 0 atom stereocenters.